The maximum absolute atomic E-state index is 11.5. The highest BCUT2D eigenvalue weighted by atomic mass is 16.5. The van der Waals surface area contributed by atoms with Gasteiger partial charge in [-0.1, -0.05) is 6.92 Å². The molecule has 5 heteroatoms. The first-order valence-electron chi connectivity index (χ1n) is 7.81. The number of carboxylic acids is 1. The van der Waals surface area contributed by atoms with Crippen LogP contribution in [0.4, 0.5) is 0 Å². The molecule has 0 amide bonds. The highest BCUT2D eigenvalue weighted by Crippen LogP contribution is 2.24. The molecule has 2 heterocycles. The summed E-state index contributed by atoms with van der Waals surface area (Å²) in [5.74, 6) is -0.459. The van der Waals surface area contributed by atoms with Crippen LogP contribution in [-0.2, 0) is 9.53 Å². The van der Waals surface area contributed by atoms with E-state index in [9.17, 15) is 9.90 Å². The lowest BCUT2D eigenvalue weighted by Crippen LogP contribution is -2.55. The second kappa shape index (κ2) is 6.87. The summed E-state index contributed by atoms with van der Waals surface area (Å²) in [5, 5.41) is 9.46. The van der Waals surface area contributed by atoms with E-state index in [1.807, 2.05) is 6.92 Å². The van der Waals surface area contributed by atoms with Crippen LogP contribution in [0, 0.1) is 5.92 Å². The average molecular weight is 284 g/mol. The summed E-state index contributed by atoms with van der Waals surface area (Å²) in [5.41, 5.74) is 0. The van der Waals surface area contributed by atoms with E-state index in [0.717, 1.165) is 45.6 Å². The summed E-state index contributed by atoms with van der Waals surface area (Å²) in [6.07, 6.45) is 2.24. The molecular weight excluding hydrogens is 256 g/mol. The predicted octanol–water partition coefficient (Wildman–Crippen LogP) is 1.28. The number of carbonyl (C=O) groups is 1. The van der Waals surface area contributed by atoms with Crippen molar-refractivity contribution < 1.29 is 14.6 Å². The maximum atomic E-state index is 11.5. The molecule has 0 aromatic rings. The standard InChI is InChI=1S/C15H28N2O3/c1-11(2)16-7-8-20-13(9-16)10-17-6-4-5-12(3)14(17)15(18)19/h11-14H,4-10H2,1-3H3,(H,18,19). The van der Waals surface area contributed by atoms with Crippen molar-refractivity contribution in [1.29, 1.82) is 0 Å². The third-order valence-corrected chi connectivity index (χ3v) is 4.63. The normalized spacial score (nSPS) is 33.5. The topological polar surface area (TPSA) is 53.0 Å². The van der Waals surface area contributed by atoms with E-state index in [4.69, 9.17) is 4.74 Å². The predicted molar refractivity (Wildman–Crippen MR) is 77.8 cm³/mol. The number of nitrogens with zero attached hydrogens (tertiary/aromatic N) is 2. The minimum absolute atomic E-state index is 0.137. The van der Waals surface area contributed by atoms with Gasteiger partial charge in [0.25, 0.3) is 0 Å². The highest BCUT2D eigenvalue weighted by molar-refractivity contribution is 5.74. The molecule has 2 rings (SSSR count). The first-order chi connectivity index (χ1) is 9.49. The lowest BCUT2D eigenvalue weighted by Gasteiger charge is -2.42. The number of morpholine rings is 1. The molecule has 2 fully saturated rings. The van der Waals surface area contributed by atoms with Crippen LogP contribution in [0.15, 0.2) is 0 Å². The zero-order valence-electron chi connectivity index (χ0n) is 12.9. The lowest BCUT2D eigenvalue weighted by atomic mass is 9.90. The fraction of sp³-hybridized carbons (Fsp3) is 0.933. The zero-order chi connectivity index (χ0) is 14.7. The van der Waals surface area contributed by atoms with Crippen LogP contribution in [0.3, 0.4) is 0 Å². The van der Waals surface area contributed by atoms with Crippen LogP contribution in [0.5, 0.6) is 0 Å². The Hall–Kier alpha value is -0.650. The first kappa shape index (κ1) is 15.7. The van der Waals surface area contributed by atoms with Gasteiger partial charge in [0, 0.05) is 25.7 Å². The van der Waals surface area contributed by atoms with Gasteiger partial charge in [0.15, 0.2) is 0 Å². The fourth-order valence-corrected chi connectivity index (χ4v) is 3.46. The number of piperidine rings is 1. The number of hydrogen-bond donors (Lipinski definition) is 1. The highest BCUT2D eigenvalue weighted by Gasteiger charge is 2.36. The molecule has 0 aromatic carbocycles. The Kier molecular flexibility index (Phi) is 5.41. The molecule has 1 N–H and O–H groups in total. The molecule has 2 aliphatic heterocycles. The molecule has 20 heavy (non-hydrogen) atoms. The summed E-state index contributed by atoms with van der Waals surface area (Å²) in [4.78, 5) is 16.0. The largest absolute Gasteiger partial charge is 0.480 e. The maximum Gasteiger partial charge on any atom is 0.321 e. The third-order valence-electron chi connectivity index (χ3n) is 4.63. The van der Waals surface area contributed by atoms with E-state index in [-0.39, 0.29) is 18.1 Å². The Morgan fingerprint density at radius 1 is 1.40 bits per heavy atom. The van der Waals surface area contributed by atoms with Gasteiger partial charge in [-0.15, -0.1) is 0 Å². The molecule has 0 spiro atoms. The molecule has 0 bridgehead atoms. The second-order valence-corrected chi connectivity index (χ2v) is 6.48. The fourth-order valence-electron chi connectivity index (χ4n) is 3.46. The first-order valence-corrected chi connectivity index (χ1v) is 7.81. The number of likely N-dealkylation sites (tertiary alicyclic amines) is 1. The minimum Gasteiger partial charge on any atom is -0.480 e. The quantitative estimate of drug-likeness (QED) is 0.843. The summed E-state index contributed by atoms with van der Waals surface area (Å²) >= 11 is 0. The van der Waals surface area contributed by atoms with Gasteiger partial charge in [-0.2, -0.15) is 0 Å². The minimum atomic E-state index is -0.686. The SMILES string of the molecule is CC1CCCN(CC2CN(C(C)C)CCO2)C1C(=O)O. The van der Waals surface area contributed by atoms with Crippen molar-refractivity contribution in [2.75, 3.05) is 32.8 Å². The molecule has 3 unspecified atom stereocenters. The van der Waals surface area contributed by atoms with Crippen molar-refractivity contribution >= 4 is 5.97 Å². The molecule has 3 atom stereocenters. The van der Waals surface area contributed by atoms with Gasteiger partial charge in [0.2, 0.25) is 0 Å². The van der Waals surface area contributed by atoms with Gasteiger partial charge in [-0.25, -0.2) is 0 Å². The molecule has 116 valence electrons. The van der Waals surface area contributed by atoms with Crippen LogP contribution in [0.1, 0.15) is 33.6 Å². The summed E-state index contributed by atoms with van der Waals surface area (Å²) < 4.78 is 5.85. The van der Waals surface area contributed by atoms with Gasteiger partial charge in [-0.3, -0.25) is 14.6 Å². The van der Waals surface area contributed by atoms with Crippen molar-refractivity contribution in [3.05, 3.63) is 0 Å². The van der Waals surface area contributed by atoms with Crippen molar-refractivity contribution in [3.63, 3.8) is 0 Å². The Balaban J connectivity index is 1.95. The Labute approximate surface area is 121 Å². The van der Waals surface area contributed by atoms with Crippen molar-refractivity contribution in [2.24, 2.45) is 5.92 Å². The second-order valence-electron chi connectivity index (χ2n) is 6.48. The van der Waals surface area contributed by atoms with Gasteiger partial charge >= 0.3 is 5.97 Å². The van der Waals surface area contributed by atoms with E-state index < -0.39 is 5.97 Å². The van der Waals surface area contributed by atoms with E-state index in [2.05, 4.69) is 23.6 Å². The number of carboxylic acid groups (broad SMARTS) is 1. The van der Waals surface area contributed by atoms with Crippen molar-refractivity contribution in [1.82, 2.24) is 9.80 Å². The monoisotopic (exact) mass is 284 g/mol. The van der Waals surface area contributed by atoms with E-state index in [0.29, 0.717) is 6.04 Å². The van der Waals surface area contributed by atoms with Crippen molar-refractivity contribution in [3.8, 4) is 0 Å². The Morgan fingerprint density at radius 2 is 2.15 bits per heavy atom. The molecule has 0 aliphatic carbocycles. The molecule has 0 saturated carbocycles. The Morgan fingerprint density at radius 3 is 2.80 bits per heavy atom. The van der Waals surface area contributed by atoms with E-state index in [1.165, 1.54) is 0 Å². The summed E-state index contributed by atoms with van der Waals surface area (Å²) in [6.45, 7) is 10.7. The molecule has 2 aliphatic rings. The number of rotatable bonds is 4. The number of hydrogen-bond acceptors (Lipinski definition) is 4. The summed E-state index contributed by atoms with van der Waals surface area (Å²) in [7, 11) is 0. The van der Waals surface area contributed by atoms with E-state index >= 15 is 0 Å². The van der Waals surface area contributed by atoms with Gasteiger partial charge in [0.05, 0.1) is 12.7 Å². The number of ether oxygens (including phenoxy) is 1. The van der Waals surface area contributed by atoms with Gasteiger partial charge in [0.1, 0.15) is 6.04 Å². The van der Waals surface area contributed by atoms with E-state index in [1.54, 1.807) is 0 Å². The molecule has 5 nitrogen and oxygen atoms in total. The average Bonchev–Trinajstić information content (AvgIpc) is 2.38. The van der Waals surface area contributed by atoms with Crippen LogP contribution in [0.2, 0.25) is 0 Å². The molecule has 0 aromatic heterocycles. The zero-order valence-corrected chi connectivity index (χ0v) is 12.9. The van der Waals surface area contributed by atoms with Crippen LogP contribution in [-0.4, -0.2) is 71.8 Å². The molecule has 0 radical (unpaired) electrons. The Bertz CT molecular complexity index is 335. The van der Waals surface area contributed by atoms with Gasteiger partial charge in [-0.05, 0) is 39.2 Å². The lowest BCUT2D eigenvalue weighted by molar-refractivity contribution is -0.148. The molecule has 2 saturated heterocycles. The van der Waals surface area contributed by atoms with Crippen molar-refractivity contribution in [2.45, 2.75) is 51.8 Å². The molecular formula is C15H28N2O3. The summed E-state index contributed by atoms with van der Waals surface area (Å²) in [6, 6.07) is 0.179. The smallest absolute Gasteiger partial charge is 0.321 e. The third kappa shape index (κ3) is 3.71. The van der Waals surface area contributed by atoms with Crippen LogP contribution >= 0.6 is 0 Å². The van der Waals surface area contributed by atoms with Crippen LogP contribution in [0.25, 0.3) is 0 Å². The van der Waals surface area contributed by atoms with Gasteiger partial charge < -0.3 is 9.84 Å². The van der Waals surface area contributed by atoms with Crippen LogP contribution < -0.4 is 0 Å². The number of aliphatic carboxylic acids is 1.